The van der Waals surface area contributed by atoms with Crippen LogP contribution >= 0.6 is 11.3 Å². The number of amides is 1. The molecule has 7 heteroatoms. The number of fused-ring (bicyclic) bond motifs is 1. The molecule has 4 rings (SSSR count). The average Bonchev–Trinajstić information content (AvgIpc) is 3.29. The highest BCUT2D eigenvalue weighted by Gasteiger charge is 2.12. The highest BCUT2D eigenvalue weighted by atomic mass is 32.1. The van der Waals surface area contributed by atoms with Crippen LogP contribution in [0.25, 0.3) is 11.0 Å². The Bertz CT molecular complexity index is 1120. The number of aromatic nitrogens is 3. The summed E-state index contributed by atoms with van der Waals surface area (Å²) in [5.74, 6) is -0.279. The number of aromatic amines is 1. The zero-order valence-electron chi connectivity index (χ0n) is 13.9. The molecule has 3 aromatic heterocycles. The highest BCUT2D eigenvalue weighted by Crippen LogP contribution is 2.16. The zero-order chi connectivity index (χ0) is 17.9. The maximum absolute atomic E-state index is 12.6. The van der Waals surface area contributed by atoms with Gasteiger partial charge in [0.25, 0.3) is 5.91 Å². The van der Waals surface area contributed by atoms with Crippen LogP contribution in [-0.4, -0.2) is 20.4 Å². The molecule has 3 heterocycles. The third-order valence-corrected chi connectivity index (χ3v) is 4.94. The van der Waals surface area contributed by atoms with Crippen molar-refractivity contribution in [3.8, 4) is 0 Å². The van der Waals surface area contributed by atoms with Gasteiger partial charge in [-0.1, -0.05) is 24.3 Å². The molecule has 0 aliphatic rings. The van der Waals surface area contributed by atoms with Crippen molar-refractivity contribution >= 4 is 28.3 Å². The van der Waals surface area contributed by atoms with Crippen molar-refractivity contribution < 1.29 is 4.79 Å². The Balaban J connectivity index is 1.64. The second-order valence-corrected chi connectivity index (χ2v) is 6.73. The summed E-state index contributed by atoms with van der Waals surface area (Å²) in [7, 11) is 0. The van der Waals surface area contributed by atoms with Gasteiger partial charge in [-0.25, -0.2) is 4.98 Å². The number of nitrogens with zero attached hydrogens (tertiary/aromatic N) is 3. The minimum Gasteiger partial charge on any atom is -0.345 e. The molecule has 0 spiro atoms. The predicted octanol–water partition coefficient (Wildman–Crippen LogP) is 2.67. The van der Waals surface area contributed by atoms with Crippen LogP contribution in [0.2, 0.25) is 0 Å². The number of hydrogen-bond acceptors (Lipinski definition) is 4. The Labute approximate surface area is 153 Å². The maximum Gasteiger partial charge on any atom is 0.281 e. The fourth-order valence-electron chi connectivity index (χ4n) is 2.76. The minimum atomic E-state index is -0.279. The Hall–Kier alpha value is -3.03. The topological polar surface area (TPSA) is 89.1 Å². The Morgan fingerprint density at radius 3 is 2.85 bits per heavy atom. The van der Waals surface area contributed by atoms with Crippen molar-refractivity contribution in [3.63, 3.8) is 0 Å². The van der Waals surface area contributed by atoms with Gasteiger partial charge in [0, 0.05) is 42.4 Å². The molecular weight excluding hydrogens is 346 g/mol. The van der Waals surface area contributed by atoms with Crippen LogP contribution in [0.1, 0.15) is 21.5 Å². The number of rotatable bonds is 4. The number of benzene rings is 1. The summed E-state index contributed by atoms with van der Waals surface area (Å²) in [5.41, 5.74) is 9.08. The molecule has 0 radical (unpaired) electrons. The molecule has 1 aromatic carbocycles. The van der Waals surface area contributed by atoms with Crippen LogP contribution in [0.5, 0.6) is 0 Å². The first-order valence-corrected chi connectivity index (χ1v) is 9.05. The van der Waals surface area contributed by atoms with Gasteiger partial charge >= 0.3 is 0 Å². The first-order chi connectivity index (χ1) is 12.7. The average molecular weight is 363 g/mol. The molecule has 0 aliphatic carbocycles. The molecule has 1 amide bonds. The van der Waals surface area contributed by atoms with Crippen molar-refractivity contribution in [1.29, 1.82) is 0 Å². The largest absolute Gasteiger partial charge is 0.345 e. The molecule has 0 bridgehead atoms. The van der Waals surface area contributed by atoms with Gasteiger partial charge in [0.1, 0.15) is 5.65 Å². The number of hydrogen-bond donors (Lipinski definition) is 2. The van der Waals surface area contributed by atoms with E-state index in [1.807, 2.05) is 52.5 Å². The lowest BCUT2D eigenvalue weighted by molar-refractivity contribution is 0.0999. The number of nitrogens with one attached hydrogen (secondary N) is 1. The lowest BCUT2D eigenvalue weighted by Gasteiger charge is -2.04. The van der Waals surface area contributed by atoms with Crippen LogP contribution in [0, 0.1) is 0 Å². The van der Waals surface area contributed by atoms with Crippen molar-refractivity contribution in [2.75, 3.05) is 0 Å². The van der Waals surface area contributed by atoms with E-state index >= 15 is 0 Å². The van der Waals surface area contributed by atoms with E-state index in [1.54, 1.807) is 12.4 Å². The van der Waals surface area contributed by atoms with E-state index in [0.29, 0.717) is 29.1 Å². The summed E-state index contributed by atoms with van der Waals surface area (Å²) < 4.78 is 1.97. The van der Waals surface area contributed by atoms with Gasteiger partial charge in [0.05, 0.1) is 5.56 Å². The lowest BCUT2D eigenvalue weighted by atomic mass is 10.1. The van der Waals surface area contributed by atoms with Gasteiger partial charge in [-0.15, -0.1) is 11.3 Å². The molecule has 0 atom stereocenters. The van der Waals surface area contributed by atoms with Gasteiger partial charge in [-0.3, -0.25) is 4.79 Å². The molecule has 26 heavy (non-hydrogen) atoms. The van der Waals surface area contributed by atoms with Gasteiger partial charge in [-0.05, 0) is 23.3 Å². The van der Waals surface area contributed by atoms with Crippen LogP contribution in [-0.2, 0) is 13.1 Å². The normalized spacial score (nSPS) is 12.0. The van der Waals surface area contributed by atoms with Crippen LogP contribution in [0.15, 0.2) is 65.4 Å². The van der Waals surface area contributed by atoms with Crippen molar-refractivity contribution in [2.45, 2.75) is 13.1 Å². The Morgan fingerprint density at radius 1 is 1.23 bits per heavy atom. The van der Waals surface area contributed by atoms with Crippen LogP contribution in [0.3, 0.4) is 0 Å². The summed E-state index contributed by atoms with van der Waals surface area (Å²) in [6.07, 6.45) is 5.28. The number of thiazole rings is 1. The molecule has 4 aromatic rings. The standard InChI is InChI=1S/C19H17N5OS/c20-10-13-3-5-14(6-4-13)12-24-8-9-26-19(24)23-18(25)16-11-22-17-15(16)2-1-7-21-17/h1-9,11H,10,12,20H2,(H,21,22)/b23-19+. The predicted molar refractivity (Wildman–Crippen MR) is 102 cm³/mol. The van der Waals surface area contributed by atoms with Crippen molar-refractivity contribution in [2.24, 2.45) is 10.7 Å². The Morgan fingerprint density at radius 2 is 2.04 bits per heavy atom. The zero-order valence-corrected chi connectivity index (χ0v) is 14.7. The Kier molecular flexibility index (Phi) is 4.47. The van der Waals surface area contributed by atoms with E-state index in [2.05, 4.69) is 15.0 Å². The molecule has 0 fully saturated rings. The monoisotopic (exact) mass is 363 g/mol. The smallest absolute Gasteiger partial charge is 0.281 e. The first kappa shape index (κ1) is 16.4. The quantitative estimate of drug-likeness (QED) is 0.584. The summed E-state index contributed by atoms with van der Waals surface area (Å²) in [5, 5.41) is 2.71. The third kappa shape index (κ3) is 3.22. The van der Waals surface area contributed by atoms with E-state index < -0.39 is 0 Å². The molecule has 0 saturated heterocycles. The first-order valence-electron chi connectivity index (χ1n) is 8.17. The third-order valence-electron chi connectivity index (χ3n) is 4.15. The summed E-state index contributed by atoms with van der Waals surface area (Å²) in [6, 6.07) is 11.8. The van der Waals surface area contributed by atoms with Gasteiger partial charge < -0.3 is 15.3 Å². The number of pyridine rings is 1. The molecule has 0 saturated carbocycles. The van der Waals surface area contributed by atoms with E-state index in [4.69, 9.17) is 5.73 Å². The van der Waals surface area contributed by atoms with Crippen molar-refractivity contribution in [3.05, 3.63) is 81.9 Å². The number of nitrogens with two attached hydrogens (primary N) is 1. The second kappa shape index (κ2) is 7.07. The van der Waals surface area contributed by atoms with E-state index in [-0.39, 0.29) is 5.91 Å². The number of H-pyrrole nitrogens is 1. The fraction of sp³-hybridized carbons (Fsp3) is 0.105. The van der Waals surface area contributed by atoms with E-state index in [9.17, 15) is 4.79 Å². The van der Waals surface area contributed by atoms with Crippen molar-refractivity contribution in [1.82, 2.24) is 14.5 Å². The molecule has 0 unspecified atom stereocenters. The fourth-order valence-corrected chi connectivity index (χ4v) is 3.49. The second-order valence-electron chi connectivity index (χ2n) is 5.85. The molecule has 6 nitrogen and oxygen atoms in total. The van der Waals surface area contributed by atoms with E-state index in [1.165, 1.54) is 11.3 Å². The number of carbonyl (C=O) groups excluding carboxylic acids is 1. The number of carbonyl (C=O) groups is 1. The van der Waals surface area contributed by atoms with E-state index in [0.717, 1.165) is 16.5 Å². The molecular formula is C19H17N5OS. The summed E-state index contributed by atoms with van der Waals surface area (Å²) >= 11 is 1.44. The molecule has 3 N–H and O–H groups in total. The molecule has 0 aliphatic heterocycles. The maximum atomic E-state index is 12.6. The highest BCUT2D eigenvalue weighted by molar-refractivity contribution is 7.07. The SMILES string of the molecule is NCc1ccc(Cn2ccs/c2=N/C(=O)c2c[nH]c3ncccc23)cc1. The lowest BCUT2D eigenvalue weighted by Crippen LogP contribution is -2.17. The van der Waals surface area contributed by atoms with Gasteiger partial charge in [-0.2, -0.15) is 4.99 Å². The van der Waals surface area contributed by atoms with Gasteiger partial charge in [0.2, 0.25) is 0 Å². The minimum absolute atomic E-state index is 0.279. The van der Waals surface area contributed by atoms with Crippen LogP contribution < -0.4 is 10.5 Å². The van der Waals surface area contributed by atoms with Crippen LogP contribution in [0.4, 0.5) is 0 Å². The molecule has 130 valence electrons. The summed E-state index contributed by atoms with van der Waals surface area (Å²) in [4.78, 5) is 24.8. The summed E-state index contributed by atoms with van der Waals surface area (Å²) in [6.45, 7) is 1.18. The van der Waals surface area contributed by atoms with Gasteiger partial charge in [0.15, 0.2) is 4.80 Å².